The Morgan fingerprint density at radius 3 is 1.34 bits per heavy atom. The van der Waals surface area contributed by atoms with Crippen LogP contribution in [0.2, 0.25) is 0 Å². The molecule has 29 heavy (non-hydrogen) atoms. The molecule has 0 unspecified atom stereocenters. The lowest BCUT2D eigenvalue weighted by atomic mass is 10.7. The molecule has 1 aromatic rings. The summed E-state index contributed by atoms with van der Waals surface area (Å²) in [7, 11) is -11.5. The first-order valence-corrected chi connectivity index (χ1v) is 15.0. The Labute approximate surface area is 177 Å². The molecule has 13 heteroatoms. The molecule has 0 fully saturated rings. The standard InChI is InChI=1S/C16H31O9P3S/c1-7-20-26(17,21-8-2)14-13-15(27(18,22-9-3)23-10-4)29-16(14)28(19,24-11-5)25-12-6/h13H,7-12H2,1-6H3. The summed E-state index contributed by atoms with van der Waals surface area (Å²) in [5, 5.41) is -0.00827. The molecule has 9 nitrogen and oxygen atoms in total. The highest BCUT2D eigenvalue weighted by molar-refractivity contribution is 7.78. The van der Waals surface area contributed by atoms with E-state index in [-0.39, 0.29) is 54.2 Å². The topological polar surface area (TPSA) is 107 Å². The Morgan fingerprint density at radius 1 is 0.621 bits per heavy atom. The third-order valence-electron chi connectivity index (χ3n) is 3.29. The van der Waals surface area contributed by atoms with Gasteiger partial charge in [-0.2, -0.15) is 0 Å². The SMILES string of the molecule is CCOP(=O)(OCC)c1cc(P(=O)(OCC)OCC)c(P(=O)(OCC)OCC)s1. The van der Waals surface area contributed by atoms with Crippen LogP contribution in [-0.4, -0.2) is 39.6 Å². The fourth-order valence-electron chi connectivity index (χ4n) is 2.40. The second-order valence-corrected chi connectivity index (χ2v) is 12.9. The van der Waals surface area contributed by atoms with Crippen molar-refractivity contribution in [1.29, 1.82) is 0 Å². The van der Waals surface area contributed by atoms with Crippen LogP contribution in [-0.2, 0) is 40.8 Å². The number of hydrogen-bond donors (Lipinski definition) is 0. The quantitative estimate of drug-likeness (QED) is 0.329. The zero-order chi connectivity index (χ0) is 22.1. The minimum atomic E-state index is -3.89. The summed E-state index contributed by atoms with van der Waals surface area (Å²) in [5.41, 5.74) is 0. The van der Waals surface area contributed by atoms with Gasteiger partial charge < -0.3 is 27.1 Å². The van der Waals surface area contributed by atoms with Gasteiger partial charge in [-0.15, -0.1) is 11.3 Å². The minimum Gasteiger partial charge on any atom is -0.305 e. The van der Waals surface area contributed by atoms with Gasteiger partial charge in [-0.1, -0.05) is 0 Å². The lowest BCUT2D eigenvalue weighted by molar-refractivity contribution is 0.226. The number of rotatable bonds is 15. The second-order valence-electron chi connectivity index (χ2n) is 5.27. The first-order chi connectivity index (χ1) is 13.7. The summed E-state index contributed by atoms with van der Waals surface area (Å²) in [4.78, 5) is 0. The van der Waals surface area contributed by atoms with Crippen molar-refractivity contribution in [2.24, 2.45) is 0 Å². The summed E-state index contributed by atoms with van der Waals surface area (Å²) >= 11 is 0.853. The van der Waals surface area contributed by atoms with Crippen molar-refractivity contribution in [3.63, 3.8) is 0 Å². The maximum atomic E-state index is 13.5. The van der Waals surface area contributed by atoms with Crippen LogP contribution >= 0.6 is 34.1 Å². The molecule has 0 bridgehead atoms. The lowest BCUT2D eigenvalue weighted by Gasteiger charge is -2.21. The van der Waals surface area contributed by atoms with Crippen molar-refractivity contribution < 1.29 is 40.8 Å². The van der Waals surface area contributed by atoms with Gasteiger partial charge >= 0.3 is 22.8 Å². The molecule has 0 aromatic carbocycles. The summed E-state index contributed by atoms with van der Waals surface area (Å²) in [6, 6.07) is 1.35. The summed E-state index contributed by atoms with van der Waals surface area (Å²) in [5.74, 6) is 0. The molecule has 0 amide bonds. The van der Waals surface area contributed by atoms with Crippen molar-refractivity contribution >= 4 is 48.7 Å². The largest absolute Gasteiger partial charge is 0.372 e. The highest BCUT2D eigenvalue weighted by Gasteiger charge is 2.44. The van der Waals surface area contributed by atoms with Gasteiger partial charge in [0, 0.05) is 0 Å². The van der Waals surface area contributed by atoms with Crippen LogP contribution in [0.1, 0.15) is 41.5 Å². The van der Waals surface area contributed by atoms with Gasteiger partial charge in [0.15, 0.2) is 0 Å². The average molecular weight is 492 g/mol. The summed E-state index contributed by atoms with van der Waals surface area (Å²) < 4.78 is 73.0. The molecule has 0 atom stereocenters. The molecule has 0 spiro atoms. The van der Waals surface area contributed by atoms with E-state index in [0.717, 1.165) is 11.3 Å². The van der Waals surface area contributed by atoms with Crippen LogP contribution < -0.4 is 14.5 Å². The first-order valence-electron chi connectivity index (χ1n) is 9.52. The molecular formula is C16H31O9P3S. The van der Waals surface area contributed by atoms with Crippen LogP contribution in [0, 0.1) is 0 Å². The van der Waals surface area contributed by atoms with Gasteiger partial charge in [-0.05, 0) is 47.6 Å². The predicted molar refractivity (Wildman–Crippen MR) is 116 cm³/mol. The minimum absolute atomic E-state index is 0.00827. The molecule has 1 rings (SSSR count). The van der Waals surface area contributed by atoms with E-state index in [2.05, 4.69) is 0 Å². The van der Waals surface area contributed by atoms with E-state index < -0.39 is 22.8 Å². The van der Waals surface area contributed by atoms with Gasteiger partial charge in [-0.3, -0.25) is 13.7 Å². The molecule has 0 aliphatic heterocycles. The fraction of sp³-hybridized carbons (Fsp3) is 0.750. The molecule has 0 radical (unpaired) electrons. The second kappa shape index (κ2) is 12.3. The zero-order valence-electron chi connectivity index (χ0n) is 17.7. The Bertz CT molecular complexity index is 702. The monoisotopic (exact) mass is 492 g/mol. The Kier molecular flexibility index (Phi) is 11.5. The number of hydrogen-bond acceptors (Lipinski definition) is 10. The highest BCUT2D eigenvalue weighted by Crippen LogP contribution is 2.56. The third-order valence-corrected chi connectivity index (χ3v) is 12.2. The lowest BCUT2D eigenvalue weighted by Crippen LogP contribution is -2.25. The van der Waals surface area contributed by atoms with Gasteiger partial charge in [0.05, 0.1) is 44.9 Å². The molecule has 170 valence electrons. The molecule has 1 heterocycles. The maximum Gasteiger partial charge on any atom is 0.372 e. The van der Waals surface area contributed by atoms with Crippen molar-refractivity contribution in [3.8, 4) is 0 Å². The van der Waals surface area contributed by atoms with Crippen molar-refractivity contribution in [2.75, 3.05) is 39.6 Å². The van der Waals surface area contributed by atoms with Crippen LogP contribution in [0.15, 0.2) is 6.07 Å². The average Bonchev–Trinajstić information content (AvgIpc) is 3.11. The summed E-state index contributed by atoms with van der Waals surface area (Å²) in [6.45, 7) is 10.6. The van der Waals surface area contributed by atoms with Crippen LogP contribution in [0.5, 0.6) is 0 Å². The van der Waals surface area contributed by atoms with E-state index in [1.807, 2.05) is 0 Å². The Hall–Kier alpha value is 0.150. The molecule has 0 aliphatic rings. The third kappa shape index (κ3) is 6.56. The molecule has 0 saturated carbocycles. The Morgan fingerprint density at radius 2 is 0.966 bits per heavy atom. The van der Waals surface area contributed by atoms with Crippen molar-refractivity contribution in [1.82, 2.24) is 0 Å². The van der Waals surface area contributed by atoms with Gasteiger partial charge in [0.25, 0.3) is 0 Å². The first kappa shape index (κ1) is 27.2. The van der Waals surface area contributed by atoms with Crippen LogP contribution in [0.3, 0.4) is 0 Å². The van der Waals surface area contributed by atoms with Gasteiger partial charge in [-0.25, -0.2) is 0 Å². The summed E-state index contributed by atoms with van der Waals surface area (Å²) in [6.07, 6.45) is 0. The molecule has 0 saturated heterocycles. The Balaban J connectivity index is 3.80. The molecular weight excluding hydrogens is 461 g/mol. The van der Waals surface area contributed by atoms with E-state index in [1.165, 1.54) is 6.07 Å². The van der Waals surface area contributed by atoms with E-state index >= 15 is 0 Å². The van der Waals surface area contributed by atoms with E-state index in [0.29, 0.717) is 0 Å². The molecule has 1 aromatic heterocycles. The molecule has 0 aliphatic carbocycles. The van der Waals surface area contributed by atoms with E-state index in [1.54, 1.807) is 41.5 Å². The normalized spacial score (nSPS) is 13.2. The smallest absolute Gasteiger partial charge is 0.305 e. The van der Waals surface area contributed by atoms with Gasteiger partial charge in [0.1, 0.15) is 9.24 Å². The van der Waals surface area contributed by atoms with E-state index in [9.17, 15) is 13.7 Å². The predicted octanol–water partition coefficient (Wildman–Crippen LogP) is 4.42. The fourth-order valence-corrected chi connectivity index (χ4v) is 10.8. The van der Waals surface area contributed by atoms with Crippen LogP contribution in [0.25, 0.3) is 0 Å². The van der Waals surface area contributed by atoms with Gasteiger partial charge in [0.2, 0.25) is 0 Å². The van der Waals surface area contributed by atoms with Crippen molar-refractivity contribution in [3.05, 3.63) is 6.07 Å². The van der Waals surface area contributed by atoms with Crippen LogP contribution in [0.4, 0.5) is 0 Å². The molecule has 0 N–H and O–H groups in total. The zero-order valence-corrected chi connectivity index (χ0v) is 21.2. The highest BCUT2D eigenvalue weighted by atomic mass is 32.1. The van der Waals surface area contributed by atoms with E-state index in [4.69, 9.17) is 27.1 Å². The van der Waals surface area contributed by atoms with Crippen molar-refractivity contribution in [2.45, 2.75) is 41.5 Å². The number of thiophene rings is 1. The maximum absolute atomic E-state index is 13.5.